The maximum atomic E-state index is 12.7. The number of nitrogens with one attached hydrogen (secondary N) is 1. The molecule has 0 aliphatic heterocycles. The van der Waals surface area contributed by atoms with Crippen molar-refractivity contribution in [3.05, 3.63) is 54.2 Å². The Morgan fingerprint density at radius 1 is 1.04 bits per heavy atom. The van der Waals surface area contributed by atoms with Crippen LogP contribution in [0.2, 0.25) is 0 Å². The fourth-order valence-electron chi connectivity index (χ4n) is 2.80. The lowest BCUT2D eigenvalue weighted by molar-refractivity contribution is 0.0920. The summed E-state index contributed by atoms with van der Waals surface area (Å²) in [6.45, 7) is 5.81. The van der Waals surface area contributed by atoms with E-state index in [-0.39, 0.29) is 11.4 Å². The zero-order chi connectivity index (χ0) is 20.3. The predicted molar refractivity (Wildman–Crippen MR) is 108 cm³/mol. The molecule has 6 heteroatoms. The van der Waals surface area contributed by atoms with Gasteiger partial charge in [0.15, 0.2) is 5.76 Å². The SMILES string of the molecule is COc1ccc(-c2cnc(-c3ccccc3C(=O)NC(C)(C)C)o2)c(OC)c1. The number of rotatable bonds is 5. The fourth-order valence-corrected chi connectivity index (χ4v) is 2.80. The number of carbonyl (C=O) groups is 1. The third-order valence-electron chi connectivity index (χ3n) is 4.07. The second kappa shape index (κ2) is 7.76. The van der Waals surface area contributed by atoms with Gasteiger partial charge in [0.25, 0.3) is 5.91 Å². The van der Waals surface area contributed by atoms with Crippen LogP contribution < -0.4 is 14.8 Å². The highest BCUT2D eigenvalue weighted by molar-refractivity contribution is 6.00. The largest absolute Gasteiger partial charge is 0.497 e. The predicted octanol–water partition coefficient (Wildman–Crippen LogP) is 4.55. The van der Waals surface area contributed by atoms with Gasteiger partial charge in [0.05, 0.1) is 31.5 Å². The molecule has 0 aliphatic carbocycles. The maximum Gasteiger partial charge on any atom is 0.252 e. The molecular formula is C22H24N2O4. The first-order valence-corrected chi connectivity index (χ1v) is 8.92. The number of amides is 1. The molecule has 1 N–H and O–H groups in total. The van der Waals surface area contributed by atoms with Crippen molar-refractivity contribution in [2.24, 2.45) is 0 Å². The molecule has 0 unspecified atom stereocenters. The molecule has 1 aromatic heterocycles. The Hall–Kier alpha value is -3.28. The summed E-state index contributed by atoms with van der Waals surface area (Å²) >= 11 is 0. The third-order valence-corrected chi connectivity index (χ3v) is 4.07. The molecule has 3 aromatic rings. The molecule has 0 spiro atoms. The zero-order valence-electron chi connectivity index (χ0n) is 16.7. The monoisotopic (exact) mass is 380 g/mol. The average molecular weight is 380 g/mol. The second-order valence-electron chi connectivity index (χ2n) is 7.35. The van der Waals surface area contributed by atoms with Crippen LogP contribution in [-0.2, 0) is 0 Å². The van der Waals surface area contributed by atoms with Crippen LogP contribution >= 0.6 is 0 Å². The fraction of sp³-hybridized carbons (Fsp3) is 0.273. The number of benzene rings is 2. The van der Waals surface area contributed by atoms with E-state index in [1.807, 2.05) is 51.1 Å². The van der Waals surface area contributed by atoms with Crippen molar-refractivity contribution in [1.29, 1.82) is 0 Å². The van der Waals surface area contributed by atoms with Gasteiger partial charge in [-0.05, 0) is 45.0 Å². The Bertz CT molecular complexity index is 986. The van der Waals surface area contributed by atoms with Crippen molar-refractivity contribution in [2.75, 3.05) is 14.2 Å². The van der Waals surface area contributed by atoms with Crippen molar-refractivity contribution < 1.29 is 18.7 Å². The van der Waals surface area contributed by atoms with E-state index in [9.17, 15) is 4.79 Å². The van der Waals surface area contributed by atoms with E-state index in [1.165, 1.54) is 0 Å². The highest BCUT2D eigenvalue weighted by Gasteiger charge is 2.21. The molecule has 0 atom stereocenters. The molecule has 28 heavy (non-hydrogen) atoms. The molecule has 0 radical (unpaired) electrons. The van der Waals surface area contributed by atoms with Gasteiger partial charge in [0.1, 0.15) is 11.5 Å². The van der Waals surface area contributed by atoms with E-state index in [4.69, 9.17) is 13.9 Å². The van der Waals surface area contributed by atoms with Crippen LogP contribution in [0, 0.1) is 0 Å². The number of nitrogens with zero attached hydrogens (tertiary/aromatic N) is 1. The van der Waals surface area contributed by atoms with Crippen LogP contribution in [0.5, 0.6) is 11.5 Å². The lowest BCUT2D eigenvalue weighted by Gasteiger charge is -2.21. The van der Waals surface area contributed by atoms with Crippen LogP contribution in [0.3, 0.4) is 0 Å². The Balaban J connectivity index is 1.99. The van der Waals surface area contributed by atoms with E-state index in [1.54, 1.807) is 32.5 Å². The van der Waals surface area contributed by atoms with Crippen molar-refractivity contribution >= 4 is 5.91 Å². The van der Waals surface area contributed by atoms with Crippen LogP contribution in [-0.4, -0.2) is 30.6 Å². The summed E-state index contributed by atoms with van der Waals surface area (Å²) in [6, 6.07) is 12.7. The van der Waals surface area contributed by atoms with E-state index >= 15 is 0 Å². The minimum atomic E-state index is -0.345. The molecule has 0 bridgehead atoms. The Morgan fingerprint density at radius 2 is 1.79 bits per heavy atom. The van der Waals surface area contributed by atoms with Gasteiger partial charge < -0.3 is 19.2 Å². The van der Waals surface area contributed by atoms with Crippen molar-refractivity contribution in [3.8, 4) is 34.3 Å². The summed E-state index contributed by atoms with van der Waals surface area (Å²) in [6.07, 6.45) is 1.62. The Morgan fingerprint density at radius 3 is 2.46 bits per heavy atom. The van der Waals surface area contributed by atoms with E-state index in [0.29, 0.717) is 34.3 Å². The first-order chi connectivity index (χ1) is 13.3. The number of carbonyl (C=O) groups excluding carboxylic acids is 1. The lowest BCUT2D eigenvalue weighted by atomic mass is 10.0. The summed E-state index contributed by atoms with van der Waals surface area (Å²) < 4.78 is 16.7. The smallest absolute Gasteiger partial charge is 0.252 e. The van der Waals surface area contributed by atoms with Gasteiger partial charge >= 0.3 is 0 Å². The number of ether oxygens (including phenoxy) is 2. The number of methoxy groups -OCH3 is 2. The highest BCUT2D eigenvalue weighted by Crippen LogP contribution is 2.35. The molecule has 0 fully saturated rings. The first kappa shape index (κ1) is 19.5. The van der Waals surface area contributed by atoms with E-state index in [2.05, 4.69) is 10.3 Å². The quantitative estimate of drug-likeness (QED) is 0.703. The summed E-state index contributed by atoms with van der Waals surface area (Å²) in [7, 11) is 3.18. The summed E-state index contributed by atoms with van der Waals surface area (Å²) in [5.74, 6) is 2.03. The van der Waals surface area contributed by atoms with E-state index < -0.39 is 0 Å². The lowest BCUT2D eigenvalue weighted by Crippen LogP contribution is -2.40. The first-order valence-electron chi connectivity index (χ1n) is 8.92. The van der Waals surface area contributed by atoms with Gasteiger partial charge in [-0.3, -0.25) is 4.79 Å². The second-order valence-corrected chi connectivity index (χ2v) is 7.35. The van der Waals surface area contributed by atoms with E-state index in [0.717, 1.165) is 5.56 Å². The van der Waals surface area contributed by atoms with Gasteiger partial charge in [-0.2, -0.15) is 0 Å². The molecule has 1 amide bonds. The minimum Gasteiger partial charge on any atom is -0.497 e. The van der Waals surface area contributed by atoms with Crippen LogP contribution in [0.15, 0.2) is 53.1 Å². The highest BCUT2D eigenvalue weighted by atomic mass is 16.5. The number of aromatic nitrogens is 1. The normalized spacial score (nSPS) is 11.2. The molecule has 0 saturated heterocycles. The Labute approximate surface area is 164 Å². The van der Waals surface area contributed by atoms with Gasteiger partial charge in [0.2, 0.25) is 5.89 Å². The molecule has 1 heterocycles. The maximum absolute atomic E-state index is 12.7. The molecule has 0 aliphatic rings. The number of hydrogen-bond acceptors (Lipinski definition) is 5. The minimum absolute atomic E-state index is 0.176. The van der Waals surface area contributed by atoms with Gasteiger partial charge in [-0.25, -0.2) is 4.98 Å². The summed E-state index contributed by atoms with van der Waals surface area (Å²) in [5, 5.41) is 2.97. The average Bonchev–Trinajstić information content (AvgIpc) is 3.16. The van der Waals surface area contributed by atoms with Gasteiger partial charge in [0, 0.05) is 17.2 Å². The molecule has 146 valence electrons. The standard InChI is InChI=1S/C22H24N2O4/c1-22(2,3)24-20(25)15-8-6-7-9-16(15)21-23-13-19(28-21)17-11-10-14(26-4)12-18(17)27-5/h6-13H,1-5H3,(H,24,25). The van der Waals surface area contributed by atoms with Crippen molar-refractivity contribution in [1.82, 2.24) is 10.3 Å². The van der Waals surface area contributed by atoms with Crippen molar-refractivity contribution in [3.63, 3.8) is 0 Å². The number of oxazole rings is 1. The molecular weight excluding hydrogens is 356 g/mol. The molecule has 2 aromatic carbocycles. The van der Waals surface area contributed by atoms with Crippen molar-refractivity contribution in [2.45, 2.75) is 26.3 Å². The molecule has 6 nitrogen and oxygen atoms in total. The number of hydrogen-bond donors (Lipinski definition) is 1. The molecule has 3 rings (SSSR count). The third kappa shape index (κ3) is 4.17. The van der Waals surface area contributed by atoms with Crippen LogP contribution in [0.4, 0.5) is 0 Å². The summed E-state index contributed by atoms with van der Waals surface area (Å²) in [5.41, 5.74) is 1.54. The Kier molecular flexibility index (Phi) is 5.40. The van der Waals surface area contributed by atoms with Gasteiger partial charge in [-0.1, -0.05) is 12.1 Å². The van der Waals surface area contributed by atoms with Gasteiger partial charge in [-0.15, -0.1) is 0 Å². The van der Waals surface area contributed by atoms with Crippen LogP contribution in [0.25, 0.3) is 22.8 Å². The topological polar surface area (TPSA) is 73.6 Å². The zero-order valence-corrected chi connectivity index (χ0v) is 16.7. The molecule has 0 saturated carbocycles. The van der Waals surface area contributed by atoms with Crippen LogP contribution in [0.1, 0.15) is 31.1 Å². The summed E-state index contributed by atoms with van der Waals surface area (Å²) in [4.78, 5) is 17.1.